The molecule has 1 N–H and O–H groups in total. The molecule has 0 bridgehead atoms. The summed E-state index contributed by atoms with van der Waals surface area (Å²) in [6.45, 7) is 6.27. The molecule has 2 aromatic heterocycles. The van der Waals surface area contributed by atoms with Crippen molar-refractivity contribution in [2.75, 3.05) is 11.9 Å². The number of nitrogens with one attached hydrogen (secondary N) is 1. The third-order valence-corrected chi connectivity index (χ3v) is 5.49. The second kappa shape index (κ2) is 8.87. The summed E-state index contributed by atoms with van der Waals surface area (Å²) in [6.07, 6.45) is 0. The highest BCUT2D eigenvalue weighted by Crippen LogP contribution is 2.17. The van der Waals surface area contributed by atoms with Crippen molar-refractivity contribution in [1.29, 1.82) is 0 Å². The number of hydrogen-bond acceptors (Lipinski definition) is 5. The molecule has 150 valence electrons. The largest absolute Gasteiger partial charge is 0.454 e. The smallest absolute Gasteiger partial charge is 0.338 e. The van der Waals surface area contributed by atoms with Crippen LogP contribution in [-0.2, 0) is 11.3 Å². The number of aromatic nitrogens is 1. The predicted molar refractivity (Wildman–Crippen MR) is 113 cm³/mol. The van der Waals surface area contributed by atoms with Crippen LogP contribution in [0.1, 0.15) is 48.7 Å². The molecule has 0 spiro atoms. The molecule has 3 aromatic rings. The van der Waals surface area contributed by atoms with Crippen LogP contribution < -0.4 is 5.32 Å². The maximum atomic E-state index is 12.5. The zero-order chi connectivity index (χ0) is 21.0. The fourth-order valence-corrected chi connectivity index (χ4v) is 3.81. The van der Waals surface area contributed by atoms with Gasteiger partial charge in [-0.3, -0.25) is 9.59 Å². The van der Waals surface area contributed by atoms with Crippen LogP contribution in [0.2, 0.25) is 0 Å². The molecule has 0 unspecified atom stereocenters. The molecule has 0 saturated carbocycles. The van der Waals surface area contributed by atoms with Crippen molar-refractivity contribution in [3.63, 3.8) is 0 Å². The third-order valence-electron chi connectivity index (χ3n) is 4.63. The second-order valence-electron chi connectivity index (χ2n) is 6.54. The lowest BCUT2D eigenvalue weighted by Crippen LogP contribution is -2.15. The van der Waals surface area contributed by atoms with E-state index in [4.69, 9.17) is 4.74 Å². The zero-order valence-corrected chi connectivity index (χ0v) is 17.3. The number of carbonyl (C=O) groups excluding carboxylic acids is 3. The van der Waals surface area contributed by atoms with Crippen molar-refractivity contribution < 1.29 is 19.1 Å². The van der Waals surface area contributed by atoms with E-state index in [1.165, 1.54) is 17.4 Å². The maximum absolute atomic E-state index is 12.5. The average molecular weight is 410 g/mol. The molecule has 0 fully saturated rings. The molecule has 29 heavy (non-hydrogen) atoms. The van der Waals surface area contributed by atoms with Gasteiger partial charge in [-0.05, 0) is 56.5 Å². The van der Waals surface area contributed by atoms with Crippen molar-refractivity contribution in [1.82, 2.24) is 4.57 Å². The standard InChI is InChI=1S/C22H22N2O4S/c1-4-24-14(2)11-18(15(24)3)19(25)13-28-22(27)16-7-5-8-17(12-16)23-21(26)20-9-6-10-29-20/h5-12H,4,13H2,1-3H3,(H,23,26). The van der Waals surface area contributed by atoms with E-state index in [1.54, 1.807) is 30.3 Å². The lowest BCUT2D eigenvalue weighted by atomic mass is 10.1. The Balaban J connectivity index is 1.64. The number of hydrogen-bond donors (Lipinski definition) is 1. The number of anilines is 1. The summed E-state index contributed by atoms with van der Waals surface area (Å²) in [5.74, 6) is -1.10. The Hall–Kier alpha value is -3.19. The number of Topliss-reactive ketones (excluding diaryl/α,β-unsaturated/α-hetero) is 1. The van der Waals surface area contributed by atoms with Crippen molar-refractivity contribution in [3.05, 3.63) is 75.2 Å². The molecule has 7 heteroatoms. The lowest BCUT2D eigenvalue weighted by molar-refractivity contribution is 0.0474. The lowest BCUT2D eigenvalue weighted by Gasteiger charge is -2.08. The summed E-state index contributed by atoms with van der Waals surface area (Å²) in [7, 11) is 0. The van der Waals surface area contributed by atoms with E-state index in [2.05, 4.69) is 5.32 Å². The van der Waals surface area contributed by atoms with Crippen molar-refractivity contribution in [2.45, 2.75) is 27.3 Å². The van der Waals surface area contributed by atoms with Crippen LogP contribution >= 0.6 is 11.3 Å². The van der Waals surface area contributed by atoms with Crippen LogP contribution in [0.4, 0.5) is 5.69 Å². The SMILES string of the molecule is CCn1c(C)cc(C(=O)COC(=O)c2cccc(NC(=O)c3cccs3)c2)c1C. The first kappa shape index (κ1) is 20.5. The molecule has 3 rings (SSSR count). The van der Waals surface area contributed by atoms with E-state index in [-0.39, 0.29) is 23.9 Å². The molecular formula is C22H22N2O4S. The van der Waals surface area contributed by atoms with Gasteiger partial charge in [0.15, 0.2) is 6.61 Å². The van der Waals surface area contributed by atoms with E-state index in [9.17, 15) is 14.4 Å². The van der Waals surface area contributed by atoms with Crippen molar-refractivity contribution in [2.24, 2.45) is 0 Å². The van der Waals surface area contributed by atoms with Gasteiger partial charge in [0, 0.05) is 29.2 Å². The molecule has 6 nitrogen and oxygen atoms in total. The number of aryl methyl sites for hydroxylation is 1. The Labute approximate surface area is 173 Å². The van der Waals surface area contributed by atoms with Crippen LogP contribution in [0.25, 0.3) is 0 Å². The first-order valence-electron chi connectivity index (χ1n) is 9.22. The number of thiophene rings is 1. The monoisotopic (exact) mass is 410 g/mol. The van der Waals surface area contributed by atoms with Gasteiger partial charge in [-0.15, -0.1) is 11.3 Å². The third kappa shape index (κ3) is 4.63. The summed E-state index contributed by atoms with van der Waals surface area (Å²) in [6, 6.07) is 11.8. The Bertz CT molecular complexity index is 1050. The maximum Gasteiger partial charge on any atom is 0.338 e. The van der Waals surface area contributed by atoms with Gasteiger partial charge in [0.05, 0.1) is 10.4 Å². The number of esters is 1. The van der Waals surface area contributed by atoms with E-state index >= 15 is 0 Å². The summed E-state index contributed by atoms with van der Waals surface area (Å²) >= 11 is 1.33. The molecular weight excluding hydrogens is 388 g/mol. The van der Waals surface area contributed by atoms with Gasteiger partial charge in [-0.2, -0.15) is 0 Å². The first-order chi connectivity index (χ1) is 13.9. The van der Waals surface area contributed by atoms with Crippen LogP contribution in [-0.4, -0.2) is 28.8 Å². The minimum absolute atomic E-state index is 0.242. The predicted octanol–water partition coefficient (Wildman–Crippen LogP) is 4.48. The Kier molecular flexibility index (Phi) is 6.29. The van der Waals surface area contributed by atoms with Gasteiger partial charge < -0.3 is 14.6 Å². The number of ether oxygens (including phenoxy) is 1. The van der Waals surface area contributed by atoms with Gasteiger partial charge in [0.1, 0.15) is 0 Å². The number of rotatable bonds is 7. The number of amides is 1. The number of carbonyl (C=O) groups is 3. The van der Waals surface area contributed by atoms with E-state index in [0.717, 1.165) is 17.9 Å². The number of benzene rings is 1. The molecule has 0 aliphatic heterocycles. The summed E-state index contributed by atoms with van der Waals surface area (Å²) in [5, 5.41) is 4.56. The minimum Gasteiger partial charge on any atom is -0.454 e. The molecule has 2 heterocycles. The highest BCUT2D eigenvalue weighted by Gasteiger charge is 2.18. The van der Waals surface area contributed by atoms with E-state index < -0.39 is 5.97 Å². The first-order valence-corrected chi connectivity index (χ1v) is 10.1. The Morgan fingerprint density at radius 2 is 1.90 bits per heavy atom. The van der Waals surface area contributed by atoms with Crippen LogP contribution in [0.15, 0.2) is 47.8 Å². The second-order valence-corrected chi connectivity index (χ2v) is 7.49. The fraction of sp³-hybridized carbons (Fsp3) is 0.227. The van der Waals surface area contributed by atoms with E-state index in [0.29, 0.717) is 16.1 Å². The summed E-state index contributed by atoms with van der Waals surface area (Å²) in [4.78, 5) is 37.6. The molecule has 0 saturated heterocycles. The normalized spacial score (nSPS) is 10.6. The van der Waals surface area contributed by atoms with E-state index in [1.807, 2.05) is 36.8 Å². The highest BCUT2D eigenvalue weighted by atomic mass is 32.1. The van der Waals surface area contributed by atoms with Gasteiger partial charge in [-0.25, -0.2) is 4.79 Å². The topological polar surface area (TPSA) is 77.4 Å². The molecule has 1 amide bonds. The zero-order valence-electron chi connectivity index (χ0n) is 16.5. The molecule has 0 atom stereocenters. The molecule has 1 aromatic carbocycles. The summed E-state index contributed by atoms with van der Waals surface area (Å²) < 4.78 is 7.24. The summed E-state index contributed by atoms with van der Waals surface area (Å²) in [5.41, 5.74) is 3.17. The Morgan fingerprint density at radius 1 is 1.10 bits per heavy atom. The fourth-order valence-electron chi connectivity index (χ4n) is 3.19. The minimum atomic E-state index is -0.616. The van der Waals surface area contributed by atoms with Crippen LogP contribution in [0.3, 0.4) is 0 Å². The van der Waals surface area contributed by atoms with Crippen molar-refractivity contribution in [3.8, 4) is 0 Å². The van der Waals surface area contributed by atoms with Gasteiger partial charge in [0.25, 0.3) is 5.91 Å². The van der Waals surface area contributed by atoms with Crippen LogP contribution in [0, 0.1) is 13.8 Å². The Morgan fingerprint density at radius 3 is 2.55 bits per heavy atom. The average Bonchev–Trinajstić information content (AvgIpc) is 3.34. The number of ketones is 1. The molecule has 0 aliphatic carbocycles. The molecule has 0 radical (unpaired) electrons. The number of nitrogens with zero attached hydrogens (tertiary/aromatic N) is 1. The van der Waals surface area contributed by atoms with Gasteiger partial charge in [-0.1, -0.05) is 12.1 Å². The highest BCUT2D eigenvalue weighted by molar-refractivity contribution is 7.12. The molecule has 0 aliphatic rings. The van der Waals surface area contributed by atoms with Crippen LogP contribution in [0.5, 0.6) is 0 Å². The quantitative estimate of drug-likeness (QED) is 0.460. The van der Waals surface area contributed by atoms with Gasteiger partial charge >= 0.3 is 5.97 Å². The van der Waals surface area contributed by atoms with Crippen molar-refractivity contribution >= 4 is 34.7 Å². The van der Waals surface area contributed by atoms with Gasteiger partial charge in [0.2, 0.25) is 5.78 Å².